The van der Waals surface area contributed by atoms with E-state index in [0.29, 0.717) is 18.8 Å². The van der Waals surface area contributed by atoms with E-state index in [0.717, 1.165) is 16.9 Å². The average Bonchev–Trinajstić information content (AvgIpc) is 2.42. The average molecular weight is 263 g/mol. The lowest BCUT2D eigenvalue weighted by atomic mass is 9.95. The molecule has 104 valence electrons. The van der Waals surface area contributed by atoms with Crippen molar-refractivity contribution in [3.05, 3.63) is 39.8 Å². The van der Waals surface area contributed by atoms with Crippen molar-refractivity contribution in [1.82, 2.24) is 0 Å². The molecule has 5 nitrogen and oxygen atoms in total. The highest BCUT2D eigenvalue weighted by atomic mass is 16.5. The minimum Gasteiger partial charge on any atom is -0.496 e. The Hall–Kier alpha value is -1.71. The number of azide groups is 1. The molecule has 0 saturated carbocycles. The second-order valence-corrected chi connectivity index (χ2v) is 4.74. The Morgan fingerprint density at radius 2 is 2.16 bits per heavy atom. The molecule has 0 fully saturated rings. The number of methoxy groups -OCH3 is 1. The van der Waals surface area contributed by atoms with E-state index in [2.05, 4.69) is 23.9 Å². The molecule has 1 N–H and O–H groups in total. The molecule has 0 amide bonds. The topological polar surface area (TPSA) is 78.2 Å². The number of hydrogen-bond acceptors (Lipinski definition) is 3. The Labute approximate surface area is 113 Å². The highest BCUT2D eigenvalue weighted by molar-refractivity contribution is 5.40. The molecule has 0 heterocycles. The molecular weight excluding hydrogens is 242 g/mol. The van der Waals surface area contributed by atoms with E-state index in [1.807, 2.05) is 18.2 Å². The van der Waals surface area contributed by atoms with Crippen molar-refractivity contribution in [2.75, 3.05) is 13.7 Å². The van der Waals surface area contributed by atoms with Gasteiger partial charge in [-0.2, -0.15) is 0 Å². The van der Waals surface area contributed by atoms with Crippen LogP contribution in [0.25, 0.3) is 10.4 Å². The monoisotopic (exact) mass is 263 g/mol. The maximum Gasteiger partial charge on any atom is 0.122 e. The molecule has 19 heavy (non-hydrogen) atoms. The minimum absolute atomic E-state index is 0.102. The summed E-state index contributed by atoms with van der Waals surface area (Å²) in [6.45, 7) is 4.29. The zero-order valence-corrected chi connectivity index (χ0v) is 11.7. The lowest BCUT2D eigenvalue weighted by molar-refractivity contribution is 0.280. The van der Waals surface area contributed by atoms with Crippen molar-refractivity contribution in [2.45, 2.75) is 38.6 Å². The summed E-state index contributed by atoms with van der Waals surface area (Å²) in [7, 11) is 1.65. The predicted octanol–water partition coefficient (Wildman–Crippen LogP) is 3.94. The molecule has 0 spiro atoms. The third-order valence-electron chi connectivity index (χ3n) is 3.09. The Bertz CT molecular complexity index is 454. The normalized spacial score (nSPS) is 12.1. The number of nitrogens with zero attached hydrogens (tertiary/aromatic N) is 3. The fourth-order valence-electron chi connectivity index (χ4n) is 2.05. The van der Waals surface area contributed by atoms with Gasteiger partial charge in [0.05, 0.1) is 13.2 Å². The molecule has 0 aromatic heterocycles. The van der Waals surface area contributed by atoms with Crippen molar-refractivity contribution in [1.29, 1.82) is 0 Å². The lowest BCUT2D eigenvalue weighted by Crippen LogP contribution is -2.01. The van der Waals surface area contributed by atoms with Gasteiger partial charge in [0.1, 0.15) is 5.75 Å². The molecular formula is C14H21N3O2. The molecule has 0 saturated heterocycles. The first-order chi connectivity index (χ1) is 9.13. The molecule has 0 aliphatic rings. The van der Waals surface area contributed by atoms with Gasteiger partial charge in [-0.15, -0.1) is 0 Å². The van der Waals surface area contributed by atoms with Gasteiger partial charge in [0.2, 0.25) is 0 Å². The van der Waals surface area contributed by atoms with E-state index >= 15 is 0 Å². The molecule has 0 radical (unpaired) electrons. The van der Waals surface area contributed by atoms with Crippen molar-refractivity contribution >= 4 is 0 Å². The van der Waals surface area contributed by atoms with E-state index in [4.69, 9.17) is 15.4 Å². The fourth-order valence-corrected chi connectivity index (χ4v) is 2.05. The van der Waals surface area contributed by atoms with E-state index in [9.17, 15) is 0 Å². The highest BCUT2D eigenvalue weighted by Crippen LogP contribution is 2.32. The molecule has 1 aromatic carbocycles. The molecule has 0 aliphatic carbocycles. The zero-order valence-electron chi connectivity index (χ0n) is 11.7. The SMILES string of the molecule is COc1ccc(C(CCCO)N=[N+]=[N-])cc1C(C)C. The first kappa shape index (κ1) is 15.3. The highest BCUT2D eigenvalue weighted by Gasteiger charge is 2.14. The quantitative estimate of drug-likeness (QED) is 0.459. The van der Waals surface area contributed by atoms with Crippen LogP contribution >= 0.6 is 0 Å². The fraction of sp³-hybridized carbons (Fsp3) is 0.571. The van der Waals surface area contributed by atoms with Crippen LogP contribution < -0.4 is 4.74 Å². The van der Waals surface area contributed by atoms with Crippen LogP contribution in [-0.2, 0) is 0 Å². The molecule has 0 aliphatic heterocycles. The van der Waals surface area contributed by atoms with E-state index in [1.54, 1.807) is 7.11 Å². The van der Waals surface area contributed by atoms with Crippen molar-refractivity contribution in [3.8, 4) is 5.75 Å². The van der Waals surface area contributed by atoms with Crippen LogP contribution in [-0.4, -0.2) is 18.8 Å². The van der Waals surface area contributed by atoms with Crippen LogP contribution in [0.4, 0.5) is 0 Å². The molecule has 5 heteroatoms. The van der Waals surface area contributed by atoms with Crippen LogP contribution in [0.1, 0.15) is 49.8 Å². The third kappa shape index (κ3) is 4.16. The predicted molar refractivity (Wildman–Crippen MR) is 75.3 cm³/mol. The maximum atomic E-state index is 8.90. The van der Waals surface area contributed by atoms with Gasteiger partial charge in [0, 0.05) is 11.5 Å². The summed E-state index contributed by atoms with van der Waals surface area (Å²) in [5, 5.41) is 12.7. The standard InChI is InChI=1S/C14H21N3O2/c1-10(2)12-9-11(6-7-14(12)19-3)13(16-17-15)5-4-8-18/h6-7,9-10,13,18H,4-5,8H2,1-3H3. The summed E-state index contributed by atoms with van der Waals surface area (Å²) in [6, 6.07) is 5.62. The Morgan fingerprint density at radius 1 is 1.42 bits per heavy atom. The largest absolute Gasteiger partial charge is 0.496 e. The van der Waals surface area contributed by atoms with E-state index in [-0.39, 0.29) is 12.6 Å². The smallest absolute Gasteiger partial charge is 0.122 e. The number of benzene rings is 1. The molecule has 1 aromatic rings. The summed E-state index contributed by atoms with van der Waals surface area (Å²) < 4.78 is 5.34. The number of aliphatic hydroxyl groups excluding tert-OH is 1. The molecule has 1 atom stereocenters. The first-order valence-corrected chi connectivity index (χ1v) is 6.47. The van der Waals surface area contributed by atoms with Crippen LogP contribution in [0.15, 0.2) is 23.3 Å². The zero-order chi connectivity index (χ0) is 14.3. The van der Waals surface area contributed by atoms with Crippen molar-refractivity contribution < 1.29 is 9.84 Å². The third-order valence-corrected chi connectivity index (χ3v) is 3.09. The van der Waals surface area contributed by atoms with Gasteiger partial charge in [-0.1, -0.05) is 31.1 Å². The summed E-state index contributed by atoms with van der Waals surface area (Å²) in [5.74, 6) is 1.18. The lowest BCUT2D eigenvalue weighted by Gasteiger charge is -2.16. The van der Waals surface area contributed by atoms with Gasteiger partial charge in [0.15, 0.2) is 0 Å². The van der Waals surface area contributed by atoms with Gasteiger partial charge < -0.3 is 9.84 Å². The number of rotatable bonds is 7. The second kappa shape index (κ2) is 7.67. The van der Waals surface area contributed by atoms with Gasteiger partial charge in [-0.25, -0.2) is 0 Å². The number of ether oxygens (including phenoxy) is 1. The molecule has 1 rings (SSSR count). The van der Waals surface area contributed by atoms with Crippen LogP contribution in [0.2, 0.25) is 0 Å². The van der Waals surface area contributed by atoms with Gasteiger partial charge in [-0.05, 0) is 41.5 Å². The Morgan fingerprint density at radius 3 is 2.68 bits per heavy atom. The number of hydrogen-bond donors (Lipinski definition) is 1. The summed E-state index contributed by atoms with van der Waals surface area (Å²) in [4.78, 5) is 2.89. The van der Waals surface area contributed by atoms with Crippen LogP contribution in [0, 0.1) is 0 Å². The molecule has 1 unspecified atom stereocenters. The summed E-state index contributed by atoms with van der Waals surface area (Å²) >= 11 is 0. The van der Waals surface area contributed by atoms with Crippen molar-refractivity contribution in [2.24, 2.45) is 5.11 Å². The van der Waals surface area contributed by atoms with Gasteiger partial charge >= 0.3 is 0 Å². The van der Waals surface area contributed by atoms with Gasteiger partial charge in [0.25, 0.3) is 0 Å². The first-order valence-electron chi connectivity index (χ1n) is 6.47. The number of aliphatic hydroxyl groups is 1. The minimum atomic E-state index is -0.236. The van der Waals surface area contributed by atoms with Crippen LogP contribution in [0.5, 0.6) is 5.75 Å². The maximum absolute atomic E-state index is 8.90. The second-order valence-electron chi connectivity index (χ2n) is 4.74. The summed E-state index contributed by atoms with van der Waals surface area (Å²) in [5.41, 5.74) is 10.7. The van der Waals surface area contributed by atoms with E-state index in [1.165, 1.54) is 0 Å². The Kier molecular flexibility index (Phi) is 6.19. The van der Waals surface area contributed by atoms with Crippen LogP contribution in [0.3, 0.4) is 0 Å². The Balaban J connectivity index is 3.09. The summed E-state index contributed by atoms with van der Waals surface area (Å²) in [6.07, 6.45) is 1.26. The van der Waals surface area contributed by atoms with Crippen molar-refractivity contribution in [3.63, 3.8) is 0 Å². The van der Waals surface area contributed by atoms with E-state index < -0.39 is 0 Å². The van der Waals surface area contributed by atoms with Gasteiger partial charge in [-0.3, -0.25) is 0 Å². The molecule has 0 bridgehead atoms.